The highest BCUT2D eigenvalue weighted by Gasteiger charge is 2.42. The van der Waals surface area contributed by atoms with Crippen molar-refractivity contribution < 1.29 is 24.3 Å². The van der Waals surface area contributed by atoms with Crippen LogP contribution in [0.15, 0.2) is 30.3 Å². The Labute approximate surface area is 201 Å². The fourth-order valence-electron chi connectivity index (χ4n) is 5.56. The molecule has 3 atom stereocenters. The second kappa shape index (κ2) is 11.2. The first-order chi connectivity index (χ1) is 16.5. The van der Waals surface area contributed by atoms with Gasteiger partial charge in [-0.25, -0.2) is 5.48 Å². The molecule has 4 rings (SSSR count). The summed E-state index contributed by atoms with van der Waals surface area (Å²) in [7, 11) is 0. The van der Waals surface area contributed by atoms with Crippen LogP contribution in [0.4, 0.5) is 5.69 Å². The lowest BCUT2D eigenvalue weighted by molar-refractivity contribution is -0.152. The molecule has 9 heteroatoms. The first-order valence-electron chi connectivity index (χ1n) is 12.4. The van der Waals surface area contributed by atoms with Gasteiger partial charge in [0.1, 0.15) is 0 Å². The number of para-hydroxylation sites is 1. The van der Waals surface area contributed by atoms with Crippen LogP contribution in [-0.4, -0.2) is 84.2 Å². The third-order valence-corrected chi connectivity index (χ3v) is 7.55. The van der Waals surface area contributed by atoms with Gasteiger partial charge in [-0.15, -0.1) is 0 Å². The highest BCUT2D eigenvalue weighted by Crippen LogP contribution is 2.35. The Morgan fingerprint density at radius 1 is 0.853 bits per heavy atom. The number of hydrogen-bond donors (Lipinski definition) is 2. The van der Waals surface area contributed by atoms with Crippen LogP contribution < -0.4 is 10.4 Å². The summed E-state index contributed by atoms with van der Waals surface area (Å²) in [5.41, 5.74) is 2.93. The minimum atomic E-state index is -0.610. The number of carbonyl (C=O) groups is 3. The Bertz CT molecular complexity index is 850. The van der Waals surface area contributed by atoms with Gasteiger partial charge in [-0.1, -0.05) is 18.2 Å². The van der Waals surface area contributed by atoms with E-state index in [9.17, 15) is 19.6 Å². The van der Waals surface area contributed by atoms with Gasteiger partial charge in [-0.3, -0.25) is 19.6 Å². The number of hydroxylamine groups is 1. The number of nitrogens with one attached hydrogen (secondary N) is 1. The van der Waals surface area contributed by atoms with Crippen molar-refractivity contribution >= 4 is 23.4 Å². The molecule has 0 bridgehead atoms. The van der Waals surface area contributed by atoms with Crippen LogP contribution in [0.25, 0.3) is 0 Å². The van der Waals surface area contributed by atoms with E-state index in [1.54, 1.807) is 12.4 Å². The van der Waals surface area contributed by atoms with E-state index < -0.39 is 17.7 Å². The molecule has 0 radical (unpaired) electrons. The number of ether oxygens (including phenoxy) is 1. The van der Waals surface area contributed by atoms with E-state index >= 15 is 0 Å². The molecule has 0 spiro atoms. The number of hydrogen-bond acceptors (Lipinski definition) is 6. The molecular weight excluding hydrogens is 436 g/mol. The van der Waals surface area contributed by atoms with E-state index in [4.69, 9.17) is 4.74 Å². The van der Waals surface area contributed by atoms with Gasteiger partial charge in [-0.2, -0.15) is 0 Å². The van der Waals surface area contributed by atoms with Crippen molar-refractivity contribution in [3.8, 4) is 0 Å². The maximum atomic E-state index is 13.4. The second-order valence-electron chi connectivity index (χ2n) is 9.61. The Morgan fingerprint density at radius 2 is 1.53 bits per heavy atom. The molecule has 0 unspecified atom stereocenters. The molecule has 2 heterocycles. The lowest BCUT2D eigenvalue weighted by atomic mass is 9.76. The van der Waals surface area contributed by atoms with Gasteiger partial charge in [0, 0.05) is 57.8 Å². The van der Waals surface area contributed by atoms with Crippen molar-refractivity contribution in [3.63, 3.8) is 0 Å². The number of anilines is 1. The van der Waals surface area contributed by atoms with Gasteiger partial charge < -0.3 is 19.4 Å². The summed E-state index contributed by atoms with van der Waals surface area (Å²) in [5.74, 6) is -1.49. The van der Waals surface area contributed by atoms with Crippen LogP contribution in [0, 0.1) is 11.8 Å². The standard InChI is InChI=1S/C25H36N4O5/c1-18(30)27-11-9-20(10-12-27)34-21-7-8-22(23(17-21)24(31)26-33)25(32)29-15-13-28(14-16-29)19-5-3-2-4-6-19/h2-6,20-23,33H,7-17H2,1H3,(H,26,31)/t21-,22+,23+/m1/s1. The zero-order valence-electron chi connectivity index (χ0n) is 19.9. The summed E-state index contributed by atoms with van der Waals surface area (Å²) >= 11 is 0. The largest absolute Gasteiger partial charge is 0.375 e. The van der Waals surface area contributed by atoms with E-state index in [0.717, 1.165) is 31.6 Å². The lowest BCUT2D eigenvalue weighted by Gasteiger charge is -2.41. The average Bonchev–Trinajstić information content (AvgIpc) is 2.88. The van der Waals surface area contributed by atoms with E-state index in [1.807, 2.05) is 28.0 Å². The summed E-state index contributed by atoms with van der Waals surface area (Å²) in [6.45, 7) is 5.69. The summed E-state index contributed by atoms with van der Waals surface area (Å²) in [6, 6.07) is 10.2. The second-order valence-corrected chi connectivity index (χ2v) is 9.61. The molecule has 1 aromatic carbocycles. The lowest BCUT2D eigenvalue weighted by Crippen LogP contribution is -2.53. The topological polar surface area (TPSA) is 102 Å². The SMILES string of the molecule is CC(=O)N1CCC(O[C@@H]2CC[C@H](C(=O)N3CCN(c4ccccc4)CC3)[C@@H](C(=O)NO)C2)CC1. The summed E-state index contributed by atoms with van der Waals surface area (Å²) < 4.78 is 6.29. The van der Waals surface area contributed by atoms with Crippen molar-refractivity contribution in [1.29, 1.82) is 0 Å². The molecule has 9 nitrogen and oxygen atoms in total. The molecule has 2 saturated heterocycles. The number of rotatable bonds is 5. The molecule has 3 amide bonds. The molecule has 34 heavy (non-hydrogen) atoms. The molecule has 0 aromatic heterocycles. The van der Waals surface area contributed by atoms with E-state index in [-0.39, 0.29) is 24.0 Å². The molecule has 3 fully saturated rings. The van der Waals surface area contributed by atoms with Crippen LogP contribution in [0.2, 0.25) is 0 Å². The number of likely N-dealkylation sites (tertiary alicyclic amines) is 1. The van der Waals surface area contributed by atoms with Gasteiger partial charge in [0.05, 0.1) is 18.1 Å². The zero-order chi connectivity index (χ0) is 24.1. The Balaban J connectivity index is 1.32. The summed E-state index contributed by atoms with van der Waals surface area (Å²) in [5, 5.41) is 9.34. The molecule has 1 aromatic rings. The smallest absolute Gasteiger partial charge is 0.247 e. The molecule has 2 N–H and O–H groups in total. The molecule has 1 aliphatic carbocycles. The van der Waals surface area contributed by atoms with Gasteiger partial charge in [0.25, 0.3) is 0 Å². The number of amides is 3. The third kappa shape index (κ3) is 5.70. The molecular formula is C25H36N4O5. The highest BCUT2D eigenvalue weighted by molar-refractivity contribution is 5.87. The van der Waals surface area contributed by atoms with Gasteiger partial charge in [-0.05, 0) is 44.2 Å². The normalized spacial score (nSPS) is 26.3. The summed E-state index contributed by atoms with van der Waals surface area (Å²) in [4.78, 5) is 43.4. The Morgan fingerprint density at radius 3 is 2.15 bits per heavy atom. The van der Waals surface area contributed by atoms with Gasteiger partial charge in [0.2, 0.25) is 17.7 Å². The number of piperazine rings is 1. The highest BCUT2D eigenvalue weighted by atomic mass is 16.5. The van der Waals surface area contributed by atoms with Crippen LogP contribution in [-0.2, 0) is 19.1 Å². The van der Waals surface area contributed by atoms with Crippen molar-refractivity contribution in [3.05, 3.63) is 30.3 Å². The predicted molar refractivity (Wildman–Crippen MR) is 126 cm³/mol. The first-order valence-corrected chi connectivity index (χ1v) is 12.4. The van der Waals surface area contributed by atoms with Crippen LogP contribution in [0.5, 0.6) is 0 Å². The van der Waals surface area contributed by atoms with E-state index in [0.29, 0.717) is 45.4 Å². The number of carbonyl (C=O) groups excluding carboxylic acids is 3. The fraction of sp³-hybridized carbons (Fsp3) is 0.640. The molecule has 186 valence electrons. The number of piperidine rings is 1. The molecule has 1 saturated carbocycles. The molecule has 3 aliphatic rings. The number of nitrogens with zero attached hydrogens (tertiary/aromatic N) is 3. The van der Waals surface area contributed by atoms with Crippen molar-refractivity contribution in [2.75, 3.05) is 44.2 Å². The Kier molecular flexibility index (Phi) is 8.05. The average molecular weight is 473 g/mol. The number of benzene rings is 1. The van der Waals surface area contributed by atoms with E-state index in [1.165, 1.54) is 0 Å². The minimum Gasteiger partial charge on any atom is -0.375 e. The third-order valence-electron chi connectivity index (χ3n) is 7.55. The van der Waals surface area contributed by atoms with Crippen molar-refractivity contribution in [2.24, 2.45) is 11.8 Å². The van der Waals surface area contributed by atoms with Crippen molar-refractivity contribution in [1.82, 2.24) is 15.3 Å². The monoisotopic (exact) mass is 472 g/mol. The molecule has 2 aliphatic heterocycles. The van der Waals surface area contributed by atoms with Gasteiger partial charge >= 0.3 is 0 Å². The van der Waals surface area contributed by atoms with Crippen LogP contribution in [0.3, 0.4) is 0 Å². The maximum absolute atomic E-state index is 13.4. The zero-order valence-corrected chi connectivity index (χ0v) is 19.9. The minimum absolute atomic E-state index is 0.00507. The van der Waals surface area contributed by atoms with Crippen LogP contribution >= 0.6 is 0 Å². The summed E-state index contributed by atoms with van der Waals surface area (Å²) in [6.07, 6.45) is 3.17. The Hall–Kier alpha value is -2.65. The maximum Gasteiger partial charge on any atom is 0.247 e. The fourth-order valence-corrected chi connectivity index (χ4v) is 5.56. The van der Waals surface area contributed by atoms with Crippen LogP contribution in [0.1, 0.15) is 39.0 Å². The first kappa shape index (κ1) is 24.5. The van der Waals surface area contributed by atoms with Gasteiger partial charge in [0.15, 0.2) is 0 Å². The van der Waals surface area contributed by atoms with E-state index in [2.05, 4.69) is 17.0 Å². The predicted octanol–water partition coefficient (Wildman–Crippen LogP) is 1.65. The van der Waals surface area contributed by atoms with Crippen molar-refractivity contribution in [2.45, 2.75) is 51.2 Å². The quantitative estimate of drug-likeness (QED) is 0.499.